The van der Waals surface area contributed by atoms with Crippen LogP contribution in [0.4, 0.5) is 0 Å². The molecule has 16 nitrogen and oxygen atoms in total. The Bertz CT molecular complexity index is 973. The first-order valence-corrected chi connectivity index (χ1v) is 16.5. The van der Waals surface area contributed by atoms with Crippen molar-refractivity contribution < 1.29 is 49.2 Å². The van der Waals surface area contributed by atoms with Gasteiger partial charge in [0.2, 0.25) is 5.91 Å². The molecule has 0 radical (unpaired) electrons. The van der Waals surface area contributed by atoms with E-state index in [1.54, 1.807) is 31.5 Å². The van der Waals surface area contributed by atoms with E-state index in [9.17, 15) is 49.2 Å². The molecule has 2 heterocycles. The van der Waals surface area contributed by atoms with E-state index in [0.29, 0.717) is 25.9 Å². The molecule has 0 spiro atoms. The van der Waals surface area contributed by atoms with E-state index < -0.39 is 35.5 Å². The van der Waals surface area contributed by atoms with Crippen molar-refractivity contribution in [2.45, 2.75) is 71.9 Å². The minimum atomic E-state index is -1.15. The Balaban J connectivity index is 0.00000508. The fraction of sp³-hybridized carbons (Fsp3) is 0.806. The van der Waals surface area contributed by atoms with Crippen LogP contribution in [0.1, 0.15) is 60.3 Å². The summed E-state index contributed by atoms with van der Waals surface area (Å²) in [5.74, 6) is -4.57. The van der Waals surface area contributed by atoms with E-state index in [1.165, 1.54) is 6.92 Å². The zero-order valence-corrected chi connectivity index (χ0v) is 29.1. The van der Waals surface area contributed by atoms with Gasteiger partial charge in [-0.05, 0) is 33.2 Å². The Morgan fingerprint density at radius 2 is 1.00 bits per heavy atom. The maximum absolute atomic E-state index is 13.1. The molecule has 2 aliphatic rings. The van der Waals surface area contributed by atoms with Crippen LogP contribution in [0.3, 0.4) is 0 Å². The van der Waals surface area contributed by atoms with Gasteiger partial charge in [0.25, 0.3) is 0 Å². The number of carbonyl (C=O) groups excluding carboxylic acids is 2. The Morgan fingerprint density at radius 1 is 0.638 bits per heavy atom. The average molecular weight is 675 g/mol. The van der Waals surface area contributed by atoms with Gasteiger partial charge >= 0.3 is 23.9 Å². The van der Waals surface area contributed by atoms with E-state index >= 15 is 0 Å². The summed E-state index contributed by atoms with van der Waals surface area (Å²) in [6.45, 7) is 10.8. The lowest BCUT2D eigenvalue weighted by Gasteiger charge is -2.40. The molecular formula is C31H58N6O10. The van der Waals surface area contributed by atoms with Gasteiger partial charge in [0.1, 0.15) is 11.8 Å². The van der Waals surface area contributed by atoms with Crippen molar-refractivity contribution in [3.63, 3.8) is 0 Å². The number of likely N-dealkylation sites (tertiary alicyclic amines) is 1. The van der Waals surface area contributed by atoms with Crippen LogP contribution >= 0.6 is 0 Å². The summed E-state index contributed by atoms with van der Waals surface area (Å²) in [5.41, 5.74) is -0.673. The summed E-state index contributed by atoms with van der Waals surface area (Å²) in [5, 5.41) is 41.3. The lowest BCUT2D eigenvalue weighted by Crippen LogP contribution is -2.57. The molecule has 0 aromatic heterocycles. The molecule has 5 N–H and O–H groups in total. The molecule has 272 valence electrons. The van der Waals surface area contributed by atoms with Crippen LogP contribution < -0.4 is 5.32 Å². The molecule has 1 amide bonds. The third-order valence-corrected chi connectivity index (χ3v) is 8.43. The minimum absolute atomic E-state index is 0.00119. The maximum atomic E-state index is 13.1. The van der Waals surface area contributed by atoms with E-state index in [4.69, 9.17) is 0 Å². The van der Waals surface area contributed by atoms with Gasteiger partial charge in [0.05, 0.1) is 25.2 Å². The third-order valence-electron chi connectivity index (χ3n) is 8.43. The SMILES string of the molecule is CC.CC.CNC1(C(C)=O)CCN(C(=O)CCC(C(=O)O)N2CCN(CC(=O)O)CCN(CC(=O)O)CCN(CC(=O)O)CC2)CC1. The van der Waals surface area contributed by atoms with Gasteiger partial charge in [0, 0.05) is 71.9 Å². The van der Waals surface area contributed by atoms with E-state index in [0.717, 1.165) is 0 Å². The van der Waals surface area contributed by atoms with Crippen LogP contribution in [0, 0.1) is 0 Å². The standard InChI is InChI=1S/C27H46N6O10.2C2H6/c1-20(34)27(28-2)5-7-33(8-6-27)22(35)4-3-21(26(42)43)32-15-13-30(18-24(38)39)11-9-29(17-23(36)37)10-12-31(14-16-32)19-25(40)41;2*1-2/h21,28H,3-19H2,1-2H3,(H,36,37)(H,38,39)(H,40,41)(H,42,43);2*1-2H3. The van der Waals surface area contributed by atoms with Gasteiger partial charge < -0.3 is 30.6 Å². The largest absolute Gasteiger partial charge is 0.480 e. The number of rotatable bonds is 13. The minimum Gasteiger partial charge on any atom is -0.480 e. The number of carbonyl (C=O) groups is 6. The van der Waals surface area contributed by atoms with Crippen LogP contribution in [0.2, 0.25) is 0 Å². The second kappa shape index (κ2) is 23.2. The van der Waals surface area contributed by atoms with Crippen molar-refractivity contribution in [1.82, 2.24) is 29.8 Å². The second-order valence-electron chi connectivity index (χ2n) is 11.2. The monoisotopic (exact) mass is 674 g/mol. The molecule has 16 heteroatoms. The van der Waals surface area contributed by atoms with Crippen molar-refractivity contribution in [3.8, 4) is 0 Å². The number of aliphatic carboxylic acids is 4. The molecule has 0 bridgehead atoms. The van der Waals surface area contributed by atoms with Gasteiger partial charge in [-0.3, -0.25) is 48.4 Å². The molecule has 0 saturated carbocycles. The predicted molar refractivity (Wildman–Crippen MR) is 175 cm³/mol. The topological polar surface area (TPSA) is 212 Å². The zero-order valence-electron chi connectivity index (χ0n) is 29.1. The molecule has 2 rings (SSSR count). The molecule has 47 heavy (non-hydrogen) atoms. The smallest absolute Gasteiger partial charge is 0.320 e. The second-order valence-corrected chi connectivity index (χ2v) is 11.2. The van der Waals surface area contributed by atoms with Gasteiger partial charge in [-0.25, -0.2) is 0 Å². The first kappa shape index (κ1) is 43.8. The highest BCUT2D eigenvalue weighted by Crippen LogP contribution is 2.24. The molecule has 1 atom stereocenters. The van der Waals surface area contributed by atoms with Crippen LogP contribution in [0.15, 0.2) is 0 Å². The molecule has 1 unspecified atom stereocenters. The number of nitrogens with one attached hydrogen (secondary N) is 1. The number of amides is 1. The molecule has 0 aromatic rings. The van der Waals surface area contributed by atoms with Crippen LogP contribution in [-0.4, -0.2) is 184 Å². The highest BCUT2D eigenvalue weighted by atomic mass is 16.4. The Hall–Kier alpha value is -3.18. The van der Waals surface area contributed by atoms with E-state index in [1.807, 2.05) is 27.7 Å². The summed E-state index contributed by atoms with van der Waals surface area (Å²) in [4.78, 5) is 80.1. The van der Waals surface area contributed by atoms with Crippen LogP contribution in [0.25, 0.3) is 0 Å². The van der Waals surface area contributed by atoms with Crippen LogP contribution in [0.5, 0.6) is 0 Å². The maximum Gasteiger partial charge on any atom is 0.320 e. The predicted octanol–water partition coefficient (Wildman–Crippen LogP) is -0.0828. The number of Topliss-reactive ketones (excluding diaryl/α,β-unsaturated/α-hetero) is 1. The fourth-order valence-corrected chi connectivity index (χ4v) is 5.71. The summed E-state index contributed by atoms with van der Waals surface area (Å²) < 4.78 is 0. The number of carboxylic acid groups (broad SMARTS) is 4. The van der Waals surface area contributed by atoms with Crippen LogP contribution in [-0.2, 0) is 28.8 Å². The highest BCUT2D eigenvalue weighted by molar-refractivity contribution is 5.87. The first-order chi connectivity index (χ1) is 22.3. The normalized spacial score (nSPS) is 19.3. The zero-order chi connectivity index (χ0) is 36.2. The van der Waals surface area contributed by atoms with Gasteiger partial charge in [-0.2, -0.15) is 0 Å². The first-order valence-electron chi connectivity index (χ1n) is 16.5. The highest BCUT2D eigenvalue weighted by Gasteiger charge is 2.38. The molecule has 2 saturated heterocycles. The number of ketones is 1. The summed E-state index contributed by atoms with van der Waals surface area (Å²) in [7, 11) is 1.72. The Morgan fingerprint density at radius 3 is 1.30 bits per heavy atom. The fourth-order valence-electron chi connectivity index (χ4n) is 5.71. The summed E-state index contributed by atoms with van der Waals surface area (Å²) >= 11 is 0. The van der Waals surface area contributed by atoms with Crippen molar-refractivity contribution in [2.75, 3.05) is 92.1 Å². The summed E-state index contributed by atoms with van der Waals surface area (Å²) in [6.07, 6.45) is 0.879. The van der Waals surface area contributed by atoms with Gasteiger partial charge in [-0.15, -0.1) is 0 Å². The molecule has 0 aromatic carbocycles. The molecular weight excluding hydrogens is 616 g/mol. The Kier molecular flexibility index (Phi) is 21.6. The lowest BCUT2D eigenvalue weighted by molar-refractivity contribution is -0.145. The van der Waals surface area contributed by atoms with Crippen molar-refractivity contribution >= 4 is 35.6 Å². The van der Waals surface area contributed by atoms with E-state index in [-0.39, 0.29) is 96.5 Å². The number of hydrogen-bond acceptors (Lipinski definition) is 11. The number of nitrogens with zero attached hydrogens (tertiary/aromatic N) is 5. The quantitative estimate of drug-likeness (QED) is 0.173. The van der Waals surface area contributed by atoms with Gasteiger partial charge in [0.15, 0.2) is 0 Å². The lowest BCUT2D eigenvalue weighted by atomic mass is 9.84. The third kappa shape index (κ3) is 16.0. The van der Waals surface area contributed by atoms with Crippen molar-refractivity contribution in [1.29, 1.82) is 0 Å². The number of likely N-dealkylation sites (N-methyl/N-ethyl adjacent to an activating group) is 1. The van der Waals surface area contributed by atoms with Crippen molar-refractivity contribution in [3.05, 3.63) is 0 Å². The average Bonchev–Trinajstić information content (AvgIpc) is 3.02. The van der Waals surface area contributed by atoms with Gasteiger partial charge in [-0.1, -0.05) is 27.7 Å². The molecule has 0 aliphatic carbocycles. The van der Waals surface area contributed by atoms with E-state index in [2.05, 4.69) is 5.32 Å². The Labute approximate surface area is 278 Å². The van der Waals surface area contributed by atoms with Crippen molar-refractivity contribution in [2.24, 2.45) is 0 Å². The molecule has 2 aliphatic heterocycles. The number of piperidine rings is 1. The molecule has 2 fully saturated rings. The summed E-state index contributed by atoms with van der Waals surface area (Å²) in [6, 6.07) is -1.08. The number of carboxylic acids is 4. The number of hydrogen-bond donors (Lipinski definition) is 5.